The predicted octanol–water partition coefficient (Wildman–Crippen LogP) is 0.478. The van der Waals surface area contributed by atoms with Crippen molar-refractivity contribution < 1.29 is 24.9 Å². The Hall–Kier alpha value is -1.75. The van der Waals surface area contributed by atoms with Gasteiger partial charge in [0.15, 0.2) is 5.60 Å². The maximum atomic E-state index is 11.2. The lowest BCUT2D eigenvalue weighted by Crippen LogP contribution is -2.33. The van der Waals surface area contributed by atoms with Crippen LogP contribution in [0.25, 0.3) is 0 Å². The van der Waals surface area contributed by atoms with E-state index in [-0.39, 0.29) is 17.1 Å². The fourth-order valence-corrected chi connectivity index (χ4v) is 1.19. The minimum atomic E-state index is -1.90. The molecule has 0 aliphatic rings. The van der Waals surface area contributed by atoms with Crippen molar-refractivity contribution in [2.75, 3.05) is 7.11 Å². The standard InChI is InChI=1S/C10H12O5/c1-10(14,9(13)15-2)6-3-7(11)5-8(12)4-6/h3-5,11-12,14H,1-2H3. The lowest BCUT2D eigenvalue weighted by atomic mass is 9.96. The van der Waals surface area contributed by atoms with Gasteiger partial charge in [-0.05, 0) is 19.1 Å². The summed E-state index contributed by atoms with van der Waals surface area (Å²) in [6, 6.07) is 3.45. The fraction of sp³-hybridized carbons (Fsp3) is 0.300. The van der Waals surface area contributed by atoms with E-state index in [1.165, 1.54) is 19.1 Å². The molecular weight excluding hydrogens is 200 g/mol. The van der Waals surface area contributed by atoms with Crippen molar-refractivity contribution in [1.29, 1.82) is 0 Å². The number of hydrogen-bond donors (Lipinski definition) is 3. The summed E-state index contributed by atoms with van der Waals surface area (Å²) in [5.41, 5.74) is -1.84. The first-order valence-corrected chi connectivity index (χ1v) is 4.22. The highest BCUT2D eigenvalue weighted by Crippen LogP contribution is 2.29. The van der Waals surface area contributed by atoms with Gasteiger partial charge in [0.2, 0.25) is 0 Å². The molecule has 0 heterocycles. The molecule has 15 heavy (non-hydrogen) atoms. The third kappa shape index (κ3) is 2.19. The van der Waals surface area contributed by atoms with Crippen LogP contribution in [0.1, 0.15) is 12.5 Å². The molecular formula is C10H12O5. The molecule has 0 saturated heterocycles. The van der Waals surface area contributed by atoms with Gasteiger partial charge in [0.25, 0.3) is 0 Å². The Morgan fingerprint density at radius 2 is 1.73 bits per heavy atom. The first-order valence-electron chi connectivity index (χ1n) is 4.22. The molecule has 0 amide bonds. The molecule has 82 valence electrons. The average molecular weight is 212 g/mol. The van der Waals surface area contributed by atoms with Gasteiger partial charge in [0.05, 0.1) is 7.11 Å². The number of phenols is 2. The summed E-state index contributed by atoms with van der Waals surface area (Å²) in [6.07, 6.45) is 0. The first kappa shape index (κ1) is 11.3. The predicted molar refractivity (Wildman–Crippen MR) is 51.4 cm³/mol. The van der Waals surface area contributed by atoms with Gasteiger partial charge < -0.3 is 20.1 Å². The third-order valence-corrected chi connectivity index (χ3v) is 2.05. The van der Waals surface area contributed by atoms with E-state index in [0.29, 0.717) is 0 Å². The number of carbonyl (C=O) groups excluding carboxylic acids is 1. The Kier molecular flexibility index (Phi) is 2.85. The number of methoxy groups -OCH3 is 1. The lowest BCUT2D eigenvalue weighted by Gasteiger charge is -2.20. The summed E-state index contributed by atoms with van der Waals surface area (Å²) >= 11 is 0. The van der Waals surface area contributed by atoms with Gasteiger partial charge in [0.1, 0.15) is 11.5 Å². The van der Waals surface area contributed by atoms with Gasteiger partial charge in [-0.2, -0.15) is 0 Å². The summed E-state index contributed by atoms with van der Waals surface area (Å²) in [6.45, 7) is 1.22. The third-order valence-electron chi connectivity index (χ3n) is 2.05. The van der Waals surface area contributed by atoms with E-state index in [4.69, 9.17) is 0 Å². The van der Waals surface area contributed by atoms with Crippen LogP contribution in [0.4, 0.5) is 0 Å². The molecule has 0 radical (unpaired) electrons. The van der Waals surface area contributed by atoms with Crippen LogP contribution in [0.3, 0.4) is 0 Å². The van der Waals surface area contributed by atoms with Gasteiger partial charge >= 0.3 is 5.97 Å². The van der Waals surface area contributed by atoms with Crippen molar-refractivity contribution in [2.45, 2.75) is 12.5 Å². The maximum Gasteiger partial charge on any atom is 0.342 e. The smallest absolute Gasteiger partial charge is 0.342 e. The summed E-state index contributed by atoms with van der Waals surface area (Å²) in [5, 5.41) is 28.2. The fourth-order valence-electron chi connectivity index (χ4n) is 1.19. The van der Waals surface area contributed by atoms with E-state index in [9.17, 15) is 20.1 Å². The normalized spacial score (nSPS) is 14.3. The van der Waals surface area contributed by atoms with Crippen LogP contribution in [0.2, 0.25) is 0 Å². The molecule has 1 rings (SSSR count). The highest BCUT2D eigenvalue weighted by Gasteiger charge is 2.34. The van der Waals surface area contributed by atoms with Crippen molar-refractivity contribution >= 4 is 5.97 Å². The number of rotatable bonds is 2. The molecule has 0 aromatic heterocycles. The summed E-state index contributed by atoms with van der Waals surface area (Å²) in [4.78, 5) is 11.2. The van der Waals surface area contributed by atoms with Crippen LogP contribution in [0, 0.1) is 0 Å². The number of hydrogen-bond acceptors (Lipinski definition) is 5. The Bertz CT molecular complexity index is 363. The number of carbonyl (C=O) groups is 1. The van der Waals surface area contributed by atoms with E-state index in [0.717, 1.165) is 13.2 Å². The molecule has 0 spiro atoms. The Balaban J connectivity index is 3.20. The van der Waals surface area contributed by atoms with Gasteiger partial charge in [0, 0.05) is 11.6 Å². The molecule has 1 aromatic rings. The zero-order valence-corrected chi connectivity index (χ0v) is 8.39. The number of esters is 1. The van der Waals surface area contributed by atoms with Gasteiger partial charge in [-0.25, -0.2) is 4.79 Å². The van der Waals surface area contributed by atoms with Crippen molar-refractivity contribution in [3.63, 3.8) is 0 Å². The highest BCUT2D eigenvalue weighted by molar-refractivity contribution is 5.80. The first-order chi connectivity index (χ1) is 6.87. The second-order valence-corrected chi connectivity index (χ2v) is 3.30. The van der Waals surface area contributed by atoms with Crippen molar-refractivity contribution in [1.82, 2.24) is 0 Å². The number of phenolic OH excluding ortho intramolecular Hbond substituents is 2. The Morgan fingerprint density at radius 3 is 2.13 bits per heavy atom. The van der Waals surface area contributed by atoms with E-state index in [1.807, 2.05) is 0 Å². The number of aromatic hydroxyl groups is 2. The minimum Gasteiger partial charge on any atom is -0.508 e. The molecule has 1 atom stereocenters. The SMILES string of the molecule is COC(=O)C(C)(O)c1cc(O)cc(O)c1. The van der Waals surface area contributed by atoms with E-state index < -0.39 is 11.6 Å². The number of aliphatic hydroxyl groups is 1. The van der Waals surface area contributed by atoms with Gasteiger partial charge in [-0.1, -0.05) is 0 Å². The molecule has 5 heteroatoms. The second kappa shape index (κ2) is 3.78. The van der Waals surface area contributed by atoms with Crippen LogP contribution in [0.15, 0.2) is 18.2 Å². The number of benzene rings is 1. The van der Waals surface area contributed by atoms with E-state index >= 15 is 0 Å². The average Bonchev–Trinajstić information content (AvgIpc) is 2.15. The van der Waals surface area contributed by atoms with Crippen LogP contribution in [-0.2, 0) is 15.1 Å². The lowest BCUT2D eigenvalue weighted by molar-refractivity contribution is -0.161. The molecule has 0 bridgehead atoms. The molecule has 3 N–H and O–H groups in total. The van der Waals surface area contributed by atoms with Gasteiger partial charge in [-0.15, -0.1) is 0 Å². The Morgan fingerprint density at radius 1 is 1.27 bits per heavy atom. The molecule has 1 aromatic carbocycles. The second-order valence-electron chi connectivity index (χ2n) is 3.30. The quantitative estimate of drug-likeness (QED) is 0.620. The van der Waals surface area contributed by atoms with Crippen LogP contribution in [0.5, 0.6) is 11.5 Å². The molecule has 0 aliphatic carbocycles. The zero-order chi connectivity index (χ0) is 11.6. The van der Waals surface area contributed by atoms with Crippen molar-refractivity contribution in [3.8, 4) is 11.5 Å². The van der Waals surface area contributed by atoms with E-state index in [2.05, 4.69) is 4.74 Å². The maximum absolute atomic E-state index is 11.2. The van der Waals surface area contributed by atoms with Crippen LogP contribution in [-0.4, -0.2) is 28.4 Å². The topological polar surface area (TPSA) is 87.0 Å². The molecule has 0 fully saturated rings. The zero-order valence-electron chi connectivity index (χ0n) is 8.39. The van der Waals surface area contributed by atoms with Gasteiger partial charge in [-0.3, -0.25) is 0 Å². The van der Waals surface area contributed by atoms with Crippen molar-refractivity contribution in [2.24, 2.45) is 0 Å². The monoisotopic (exact) mass is 212 g/mol. The van der Waals surface area contributed by atoms with E-state index in [1.54, 1.807) is 0 Å². The molecule has 0 saturated carbocycles. The Labute approximate surface area is 86.5 Å². The summed E-state index contributed by atoms with van der Waals surface area (Å²) < 4.78 is 4.40. The minimum absolute atomic E-state index is 0.0619. The highest BCUT2D eigenvalue weighted by atomic mass is 16.5. The van der Waals surface area contributed by atoms with Crippen molar-refractivity contribution in [3.05, 3.63) is 23.8 Å². The largest absolute Gasteiger partial charge is 0.508 e. The van der Waals surface area contributed by atoms with Crippen LogP contribution < -0.4 is 0 Å². The number of ether oxygens (including phenoxy) is 1. The molecule has 0 aliphatic heterocycles. The van der Waals surface area contributed by atoms with Crippen LogP contribution >= 0.6 is 0 Å². The molecule has 1 unspecified atom stereocenters. The summed E-state index contributed by atoms with van der Waals surface area (Å²) in [5.74, 6) is -1.35. The summed E-state index contributed by atoms with van der Waals surface area (Å²) in [7, 11) is 1.14. The molecule has 5 nitrogen and oxygen atoms in total.